The average Bonchev–Trinajstić information content (AvgIpc) is 2.81. The van der Waals surface area contributed by atoms with Gasteiger partial charge in [0.2, 0.25) is 11.8 Å². The van der Waals surface area contributed by atoms with Crippen LogP contribution in [0.25, 0.3) is 0 Å². The fourth-order valence-electron chi connectivity index (χ4n) is 4.69. The zero-order valence-corrected chi connectivity index (χ0v) is 20.0. The third-order valence-electron chi connectivity index (χ3n) is 6.71. The maximum absolute atomic E-state index is 13.2. The second-order valence-corrected chi connectivity index (χ2v) is 9.80. The molecule has 1 aliphatic carbocycles. The van der Waals surface area contributed by atoms with Crippen LogP contribution in [-0.4, -0.2) is 72.7 Å². The van der Waals surface area contributed by atoms with Gasteiger partial charge in [-0.1, -0.05) is 26.2 Å². The van der Waals surface area contributed by atoms with Gasteiger partial charge in [0.25, 0.3) is 0 Å². The zero-order chi connectivity index (χ0) is 23.3. The maximum atomic E-state index is 13.2. The molecular weight excluding hydrogens is 406 g/mol. The number of hydrogen-bond acceptors (Lipinski definition) is 5. The fraction of sp³-hybridized carbons (Fsp3) is 0.680. The second-order valence-electron chi connectivity index (χ2n) is 9.80. The van der Waals surface area contributed by atoms with Gasteiger partial charge in [-0.15, -0.1) is 0 Å². The van der Waals surface area contributed by atoms with Gasteiger partial charge in [0.05, 0.1) is 19.1 Å². The molecule has 3 rings (SSSR count). The summed E-state index contributed by atoms with van der Waals surface area (Å²) in [6.07, 6.45) is 5.37. The van der Waals surface area contributed by atoms with Gasteiger partial charge in [-0.25, -0.2) is 0 Å². The number of carbonyl (C=O) groups is 2. The lowest BCUT2D eigenvalue weighted by molar-refractivity contribution is -0.134. The van der Waals surface area contributed by atoms with Crippen molar-refractivity contribution in [3.05, 3.63) is 23.8 Å². The van der Waals surface area contributed by atoms with E-state index in [1.54, 1.807) is 4.90 Å². The highest BCUT2D eigenvalue weighted by Crippen LogP contribution is 2.30. The van der Waals surface area contributed by atoms with Crippen LogP contribution in [0.1, 0.15) is 51.5 Å². The van der Waals surface area contributed by atoms with Crippen LogP contribution in [0.15, 0.2) is 18.2 Å². The van der Waals surface area contributed by atoms with Gasteiger partial charge in [-0.3, -0.25) is 9.59 Å². The Hall–Kier alpha value is -2.12. The van der Waals surface area contributed by atoms with Crippen molar-refractivity contribution in [2.24, 2.45) is 11.8 Å². The average molecular weight is 446 g/mol. The number of aliphatic hydroxyl groups is 1. The molecule has 32 heavy (non-hydrogen) atoms. The molecule has 7 heteroatoms. The van der Waals surface area contributed by atoms with E-state index in [0.717, 1.165) is 37.8 Å². The van der Waals surface area contributed by atoms with Crippen LogP contribution >= 0.6 is 0 Å². The van der Waals surface area contributed by atoms with Crippen molar-refractivity contribution < 1.29 is 19.4 Å². The summed E-state index contributed by atoms with van der Waals surface area (Å²) >= 11 is 0. The third-order valence-corrected chi connectivity index (χ3v) is 6.71. The van der Waals surface area contributed by atoms with Crippen LogP contribution in [0.4, 0.5) is 5.69 Å². The molecule has 0 spiro atoms. The van der Waals surface area contributed by atoms with Crippen LogP contribution in [0, 0.1) is 11.8 Å². The first kappa shape index (κ1) is 24.5. The quantitative estimate of drug-likeness (QED) is 0.704. The van der Waals surface area contributed by atoms with Gasteiger partial charge in [0.1, 0.15) is 11.9 Å². The largest absolute Gasteiger partial charge is 0.488 e. The zero-order valence-electron chi connectivity index (χ0n) is 20.0. The Balaban J connectivity index is 1.87. The number of carbonyl (C=O) groups excluding carboxylic acids is 2. The Morgan fingerprint density at radius 3 is 2.66 bits per heavy atom. The minimum Gasteiger partial charge on any atom is -0.488 e. The van der Waals surface area contributed by atoms with Crippen LogP contribution in [0.3, 0.4) is 0 Å². The fourth-order valence-corrected chi connectivity index (χ4v) is 4.69. The summed E-state index contributed by atoms with van der Waals surface area (Å²) in [6, 6.07) is 5.35. The SMILES string of the molecule is C[C@H](CO)N1C[C@H](C)[C@H](CN(C)C)Oc2ccc(NC(=O)C3CCCCC3)cc2CC1=O. The van der Waals surface area contributed by atoms with E-state index >= 15 is 0 Å². The number of amides is 2. The summed E-state index contributed by atoms with van der Waals surface area (Å²) in [5.41, 5.74) is 1.47. The number of nitrogens with zero attached hydrogens (tertiary/aromatic N) is 2. The van der Waals surface area contributed by atoms with Gasteiger partial charge in [0.15, 0.2) is 0 Å². The summed E-state index contributed by atoms with van der Waals surface area (Å²) in [5, 5.41) is 12.8. The molecule has 2 aliphatic rings. The molecule has 2 amide bonds. The Morgan fingerprint density at radius 2 is 2.00 bits per heavy atom. The Morgan fingerprint density at radius 1 is 1.28 bits per heavy atom. The number of benzene rings is 1. The normalized spacial score (nSPS) is 23.6. The molecule has 0 unspecified atom stereocenters. The Bertz CT molecular complexity index is 791. The smallest absolute Gasteiger partial charge is 0.227 e. The van der Waals surface area contributed by atoms with Crippen molar-refractivity contribution in [3.63, 3.8) is 0 Å². The van der Waals surface area contributed by atoms with Gasteiger partial charge < -0.3 is 25.0 Å². The molecule has 0 aromatic heterocycles. The molecule has 0 saturated heterocycles. The van der Waals surface area contributed by atoms with E-state index in [2.05, 4.69) is 17.1 Å². The van der Waals surface area contributed by atoms with Crippen molar-refractivity contribution in [3.8, 4) is 5.75 Å². The molecule has 1 fully saturated rings. The molecule has 0 radical (unpaired) electrons. The van der Waals surface area contributed by atoms with Crippen molar-refractivity contribution >= 4 is 17.5 Å². The number of anilines is 1. The molecule has 7 nitrogen and oxygen atoms in total. The van der Waals surface area contributed by atoms with Crippen molar-refractivity contribution in [1.29, 1.82) is 0 Å². The summed E-state index contributed by atoms with van der Waals surface area (Å²) in [4.78, 5) is 29.8. The van der Waals surface area contributed by atoms with E-state index in [-0.39, 0.29) is 48.8 Å². The lowest BCUT2D eigenvalue weighted by atomic mass is 9.88. The molecule has 3 atom stereocenters. The van der Waals surface area contributed by atoms with E-state index in [4.69, 9.17) is 4.74 Å². The molecule has 2 N–H and O–H groups in total. The van der Waals surface area contributed by atoms with E-state index in [9.17, 15) is 14.7 Å². The van der Waals surface area contributed by atoms with E-state index < -0.39 is 0 Å². The summed E-state index contributed by atoms with van der Waals surface area (Å²) < 4.78 is 6.43. The molecule has 1 saturated carbocycles. The first-order chi connectivity index (χ1) is 15.3. The lowest BCUT2D eigenvalue weighted by Crippen LogP contribution is -2.47. The minimum atomic E-state index is -0.263. The predicted octanol–water partition coefficient (Wildman–Crippen LogP) is 2.92. The number of likely N-dealkylation sites (N-methyl/N-ethyl adjacent to an activating group) is 1. The number of rotatable bonds is 6. The lowest BCUT2D eigenvalue weighted by Gasteiger charge is -2.33. The molecule has 0 bridgehead atoms. The van der Waals surface area contributed by atoms with Gasteiger partial charge in [0, 0.05) is 36.2 Å². The standard InChI is InChI=1S/C25H39N3O4/c1-17-14-28(18(2)16-29)24(30)13-20-12-21(26-25(31)19-8-6-5-7-9-19)10-11-22(20)32-23(17)15-27(3)4/h10-12,17-19,23,29H,5-9,13-16H2,1-4H3,(H,26,31)/t17-,18+,23-/m0/s1. The second kappa shape index (κ2) is 11.1. The molecule has 1 aromatic rings. The molecule has 1 heterocycles. The molecule has 1 aromatic carbocycles. The first-order valence-electron chi connectivity index (χ1n) is 11.9. The molecule has 1 aliphatic heterocycles. The highest BCUT2D eigenvalue weighted by molar-refractivity contribution is 5.93. The highest BCUT2D eigenvalue weighted by atomic mass is 16.5. The first-order valence-corrected chi connectivity index (χ1v) is 11.9. The summed E-state index contributed by atoms with van der Waals surface area (Å²) in [6.45, 7) is 5.12. The van der Waals surface area contributed by atoms with E-state index in [0.29, 0.717) is 18.0 Å². The topological polar surface area (TPSA) is 82.1 Å². The van der Waals surface area contributed by atoms with Crippen LogP contribution in [-0.2, 0) is 16.0 Å². The van der Waals surface area contributed by atoms with Crippen LogP contribution < -0.4 is 10.1 Å². The van der Waals surface area contributed by atoms with E-state index in [1.807, 2.05) is 39.2 Å². The van der Waals surface area contributed by atoms with Crippen molar-refractivity contribution in [1.82, 2.24) is 9.80 Å². The Labute approximate surface area is 192 Å². The number of nitrogens with one attached hydrogen (secondary N) is 1. The minimum absolute atomic E-state index is 0.0375. The number of fused-ring (bicyclic) bond motifs is 1. The van der Waals surface area contributed by atoms with Crippen molar-refractivity contribution in [2.75, 3.05) is 39.1 Å². The maximum Gasteiger partial charge on any atom is 0.227 e. The Kier molecular flexibility index (Phi) is 8.54. The van der Waals surface area contributed by atoms with Gasteiger partial charge in [-0.2, -0.15) is 0 Å². The summed E-state index contributed by atoms with van der Waals surface area (Å²) in [5.74, 6) is 0.871. The molecule has 178 valence electrons. The predicted molar refractivity (Wildman–Crippen MR) is 126 cm³/mol. The summed E-state index contributed by atoms with van der Waals surface area (Å²) in [7, 11) is 4.01. The number of aliphatic hydroxyl groups excluding tert-OH is 1. The van der Waals surface area contributed by atoms with Crippen LogP contribution in [0.5, 0.6) is 5.75 Å². The van der Waals surface area contributed by atoms with Gasteiger partial charge >= 0.3 is 0 Å². The molecular formula is C25H39N3O4. The van der Waals surface area contributed by atoms with Gasteiger partial charge in [-0.05, 0) is 52.1 Å². The monoisotopic (exact) mass is 445 g/mol. The van der Waals surface area contributed by atoms with Crippen LogP contribution in [0.2, 0.25) is 0 Å². The number of ether oxygens (including phenoxy) is 1. The third kappa shape index (κ3) is 6.23. The number of hydrogen-bond donors (Lipinski definition) is 2. The van der Waals surface area contributed by atoms with E-state index in [1.165, 1.54) is 6.42 Å². The van der Waals surface area contributed by atoms with Crippen molar-refractivity contribution in [2.45, 2.75) is 64.5 Å². The highest BCUT2D eigenvalue weighted by Gasteiger charge is 2.31.